The number of amides is 1. The maximum absolute atomic E-state index is 13.1. The van der Waals surface area contributed by atoms with E-state index in [9.17, 15) is 18.0 Å². The van der Waals surface area contributed by atoms with E-state index in [1.165, 1.54) is 25.3 Å². The van der Waals surface area contributed by atoms with Crippen LogP contribution < -0.4 is 5.32 Å². The summed E-state index contributed by atoms with van der Waals surface area (Å²) in [5.74, 6) is -0.289. The minimum atomic E-state index is -4.41. The standard InChI is InChI=1S/C19H19F3N2O2/c1-12-2-3-13(10-16(12)19(20,21)22)14-4-5-17(23-11-14)18(25)24-15-6-8-26-9-7-15/h2-5,10-11,15H,6-9H2,1H3,(H,24,25). The van der Waals surface area contributed by atoms with E-state index < -0.39 is 11.7 Å². The normalized spacial score (nSPS) is 15.7. The van der Waals surface area contributed by atoms with E-state index in [0.717, 1.165) is 18.9 Å². The van der Waals surface area contributed by atoms with Gasteiger partial charge in [0.05, 0.1) is 5.56 Å². The van der Waals surface area contributed by atoms with Crippen LogP contribution in [0.25, 0.3) is 11.1 Å². The predicted octanol–water partition coefficient (Wildman–Crippen LogP) is 3.98. The summed E-state index contributed by atoms with van der Waals surface area (Å²) in [4.78, 5) is 16.3. The number of halogens is 3. The molecule has 2 aromatic rings. The van der Waals surface area contributed by atoms with Crippen molar-refractivity contribution < 1.29 is 22.7 Å². The largest absolute Gasteiger partial charge is 0.416 e. The highest BCUT2D eigenvalue weighted by molar-refractivity contribution is 5.92. The molecule has 1 N–H and O–H groups in total. The molecule has 1 aromatic carbocycles. The molecule has 1 saturated heterocycles. The summed E-state index contributed by atoms with van der Waals surface area (Å²) in [6, 6.07) is 7.35. The van der Waals surface area contributed by atoms with Crippen LogP contribution >= 0.6 is 0 Å². The minimum Gasteiger partial charge on any atom is -0.381 e. The van der Waals surface area contributed by atoms with Crippen molar-refractivity contribution in [2.45, 2.75) is 32.0 Å². The van der Waals surface area contributed by atoms with Crippen LogP contribution in [0.2, 0.25) is 0 Å². The number of ether oxygens (including phenoxy) is 1. The Labute approximate surface area is 149 Å². The Morgan fingerprint density at radius 1 is 1.15 bits per heavy atom. The number of benzene rings is 1. The molecule has 1 aromatic heterocycles. The fourth-order valence-corrected chi connectivity index (χ4v) is 2.91. The molecule has 0 unspecified atom stereocenters. The first-order valence-corrected chi connectivity index (χ1v) is 8.37. The topological polar surface area (TPSA) is 51.2 Å². The van der Waals surface area contributed by atoms with Gasteiger partial charge in [-0.2, -0.15) is 13.2 Å². The molecule has 0 saturated carbocycles. The van der Waals surface area contributed by atoms with Gasteiger partial charge in [0.2, 0.25) is 0 Å². The van der Waals surface area contributed by atoms with E-state index >= 15 is 0 Å². The Morgan fingerprint density at radius 2 is 1.85 bits per heavy atom. The van der Waals surface area contributed by atoms with Crippen LogP contribution in [0, 0.1) is 6.92 Å². The third-order valence-electron chi connectivity index (χ3n) is 4.43. The Kier molecular flexibility index (Phi) is 5.27. The summed E-state index contributed by atoms with van der Waals surface area (Å²) in [6.45, 7) is 2.66. The number of hydrogen-bond acceptors (Lipinski definition) is 3. The van der Waals surface area contributed by atoms with Crippen molar-refractivity contribution in [2.24, 2.45) is 0 Å². The van der Waals surface area contributed by atoms with Gasteiger partial charge in [0.1, 0.15) is 5.69 Å². The molecule has 1 aliphatic heterocycles. The van der Waals surface area contributed by atoms with Gasteiger partial charge in [-0.25, -0.2) is 0 Å². The number of nitrogens with one attached hydrogen (secondary N) is 1. The highest BCUT2D eigenvalue weighted by Crippen LogP contribution is 2.34. The van der Waals surface area contributed by atoms with Crippen molar-refractivity contribution in [2.75, 3.05) is 13.2 Å². The van der Waals surface area contributed by atoms with Gasteiger partial charge in [-0.05, 0) is 43.0 Å². The van der Waals surface area contributed by atoms with Crippen LogP contribution in [0.4, 0.5) is 13.2 Å². The van der Waals surface area contributed by atoms with Crippen LogP contribution in [0.5, 0.6) is 0 Å². The first-order valence-electron chi connectivity index (χ1n) is 8.37. The van der Waals surface area contributed by atoms with Gasteiger partial charge < -0.3 is 10.1 Å². The molecule has 4 nitrogen and oxygen atoms in total. The molecule has 0 bridgehead atoms. The zero-order chi connectivity index (χ0) is 18.7. The molecule has 0 radical (unpaired) electrons. The molecule has 1 aliphatic rings. The van der Waals surface area contributed by atoms with Crippen LogP contribution in [-0.4, -0.2) is 30.1 Å². The predicted molar refractivity (Wildman–Crippen MR) is 90.7 cm³/mol. The molecule has 3 rings (SSSR count). The third-order valence-corrected chi connectivity index (χ3v) is 4.43. The number of hydrogen-bond donors (Lipinski definition) is 1. The van der Waals surface area contributed by atoms with E-state index in [1.807, 2.05) is 0 Å². The van der Waals surface area contributed by atoms with E-state index in [4.69, 9.17) is 4.74 Å². The van der Waals surface area contributed by atoms with Crippen molar-refractivity contribution in [3.8, 4) is 11.1 Å². The van der Waals surface area contributed by atoms with Gasteiger partial charge in [-0.15, -0.1) is 0 Å². The maximum Gasteiger partial charge on any atom is 0.416 e. The first-order chi connectivity index (χ1) is 12.3. The second-order valence-corrected chi connectivity index (χ2v) is 6.32. The zero-order valence-electron chi connectivity index (χ0n) is 14.3. The second-order valence-electron chi connectivity index (χ2n) is 6.32. The van der Waals surface area contributed by atoms with Crippen molar-refractivity contribution >= 4 is 5.91 Å². The average Bonchev–Trinajstić information content (AvgIpc) is 2.62. The fourth-order valence-electron chi connectivity index (χ4n) is 2.91. The third kappa shape index (κ3) is 4.22. The zero-order valence-corrected chi connectivity index (χ0v) is 14.3. The first kappa shape index (κ1) is 18.4. The summed E-state index contributed by atoms with van der Waals surface area (Å²) in [6.07, 6.45) is -1.47. The molecule has 0 atom stereocenters. The van der Waals surface area contributed by atoms with Crippen molar-refractivity contribution in [3.05, 3.63) is 53.3 Å². The van der Waals surface area contributed by atoms with Crippen LogP contribution in [-0.2, 0) is 10.9 Å². The monoisotopic (exact) mass is 364 g/mol. The smallest absolute Gasteiger partial charge is 0.381 e. The Morgan fingerprint density at radius 3 is 2.46 bits per heavy atom. The lowest BCUT2D eigenvalue weighted by Crippen LogP contribution is -2.39. The molecule has 138 valence electrons. The van der Waals surface area contributed by atoms with Gasteiger partial charge in [-0.3, -0.25) is 9.78 Å². The Hall–Kier alpha value is -2.41. The number of carbonyl (C=O) groups is 1. The van der Waals surface area contributed by atoms with Gasteiger partial charge in [-0.1, -0.05) is 18.2 Å². The van der Waals surface area contributed by atoms with Crippen molar-refractivity contribution in [1.29, 1.82) is 0 Å². The average molecular weight is 364 g/mol. The number of pyridine rings is 1. The number of alkyl halides is 3. The molecular formula is C19H19F3N2O2. The lowest BCUT2D eigenvalue weighted by Gasteiger charge is -2.22. The van der Waals surface area contributed by atoms with Crippen molar-refractivity contribution in [3.63, 3.8) is 0 Å². The number of rotatable bonds is 3. The quantitative estimate of drug-likeness (QED) is 0.896. The summed E-state index contributed by atoms with van der Waals surface area (Å²) >= 11 is 0. The van der Waals surface area contributed by atoms with Crippen molar-refractivity contribution in [1.82, 2.24) is 10.3 Å². The molecule has 1 amide bonds. The van der Waals surface area contributed by atoms with E-state index in [0.29, 0.717) is 24.3 Å². The number of aromatic nitrogens is 1. The number of carbonyl (C=O) groups excluding carboxylic acids is 1. The van der Waals surface area contributed by atoms with E-state index in [2.05, 4.69) is 10.3 Å². The number of aryl methyl sites for hydroxylation is 1. The number of nitrogens with zero attached hydrogens (tertiary/aromatic N) is 1. The lowest BCUT2D eigenvalue weighted by molar-refractivity contribution is -0.138. The highest BCUT2D eigenvalue weighted by Gasteiger charge is 2.32. The fraction of sp³-hybridized carbons (Fsp3) is 0.368. The van der Waals surface area contributed by atoms with Crippen LogP contribution in [0.3, 0.4) is 0 Å². The molecule has 7 heteroatoms. The highest BCUT2D eigenvalue weighted by atomic mass is 19.4. The molecular weight excluding hydrogens is 345 g/mol. The molecule has 2 heterocycles. The minimum absolute atomic E-state index is 0.0594. The summed E-state index contributed by atoms with van der Waals surface area (Å²) < 4.78 is 44.4. The molecule has 1 fully saturated rings. The second kappa shape index (κ2) is 7.45. The molecule has 0 aliphatic carbocycles. The SMILES string of the molecule is Cc1ccc(-c2ccc(C(=O)NC3CCOCC3)nc2)cc1C(F)(F)F. The van der Waals surface area contributed by atoms with Gasteiger partial charge in [0, 0.05) is 31.0 Å². The van der Waals surface area contributed by atoms with Crippen LogP contribution in [0.15, 0.2) is 36.5 Å². The molecule has 26 heavy (non-hydrogen) atoms. The van der Waals surface area contributed by atoms with Gasteiger partial charge >= 0.3 is 6.18 Å². The van der Waals surface area contributed by atoms with Crippen LogP contribution in [0.1, 0.15) is 34.5 Å². The Balaban J connectivity index is 1.76. The maximum atomic E-state index is 13.1. The summed E-state index contributed by atoms with van der Waals surface area (Å²) in [5.41, 5.74) is 0.673. The molecule has 0 spiro atoms. The van der Waals surface area contributed by atoms with Gasteiger partial charge in [0.25, 0.3) is 5.91 Å². The summed E-state index contributed by atoms with van der Waals surface area (Å²) in [5, 5.41) is 2.90. The van der Waals surface area contributed by atoms with Gasteiger partial charge in [0.15, 0.2) is 0 Å². The van der Waals surface area contributed by atoms with E-state index in [1.54, 1.807) is 12.1 Å². The lowest BCUT2D eigenvalue weighted by atomic mass is 10.0. The van der Waals surface area contributed by atoms with E-state index in [-0.39, 0.29) is 23.2 Å². The summed E-state index contributed by atoms with van der Waals surface area (Å²) in [7, 11) is 0. The Bertz CT molecular complexity index is 782.